The summed E-state index contributed by atoms with van der Waals surface area (Å²) in [4.78, 5) is 18.0. The van der Waals surface area contributed by atoms with Gasteiger partial charge in [0.25, 0.3) is 0 Å². The molecule has 1 aromatic carbocycles. The van der Waals surface area contributed by atoms with E-state index in [-0.39, 0.29) is 12.6 Å². The molecule has 1 N–H and O–H groups in total. The van der Waals surface area contributed by atoms with E-state index in [2.05, 4.69) is 14.5 Å². The number of aliphatic hydroxyl groups excluding tert-OH is 1. The molecule has 0 radical (unpaired) electrons. The highest BCUT2D eigenvalue weighted by Crippen LogP contribution is 2.37. The fourth-order valence-corrected chi connectivity index (χ4v) is 3.47. The molecule has 142 valence electrons. The maximum absolute atomic E-state index is 11.7. The van der Waals surface area contributed by atoms with Gasteiger partial charge in [0.05, 0.1) is 0 Å². The van der Waals surface area contributed by atoms with Gasteiger partial charge in [0.2, 0.25) is 0 Å². The zero-order chi connectivity index (χ0) is 19.6. The maximum Gasteiger partial charge on any atom is 0.308 e. The van der Waals surface area contributed by atoms with Crippen molar-refractivity contribution in [1.29, 1.82) is 0 Å². The SMILES string of the molecule is CC(=O)Oc1cc2c(CCO)c(CN(C)C)n(C)c2cc1-c1cccnc1. The number of hydrogen-bond donors (Lipinski definition) is 1. The van der Waals surface area contributed by atoms with E-state index in [0.717, 1.165) is 39.8 Å². The summed E-state index contributed by atoms with van der Waals surface area (Å²) in [7, 11) is 6.07. The first-order valence-corrected chi connectivity index (χ1v) is 8.91. The Bertz CT molecular complexity index is 962. The van der Waals surface area contributed by atoms with Gasteiger partial charge in [-0.3, -0.25) is 9.78 Å². The van der Waals surface area contributed by atoms with Crippen LogP contribution in [0, 0.1) is 0 Å². The second-order valence-electron chi connectivity index (χ2n) is 6.90. The summed E-state index contributed by atoms with van der Waals surface area (Å²) in [6.45, 7) is 2.22. The van der Waals surface area contributed by atoms with Crippen molar-refractivity contribution in [3.63, 3.8) is 0 Å². The van der Waals surface area contributed by atoms with E-state index in [4.69, 9.17) is 4.74 Å². The van der Waals surface area contributed by atoms with Crippen LogP contribution in [0.15, 0.2) is 36.7 Å². The molecule has 2 aromatic heterocycles. The third-order valence-electron chi connectivity index (χ3n) is 4.59. The second kappa shape index (κ2) is 7.90. The van der Waals surface area contributed by atoms with E-state index in [9.17, 15) is 9.90 Å². The number of esters is 1. The lowest BCUT2D eigenvalue weighted by Crippen LogP contribution is -2.15. The van der Waals surface area contributed by atoms with Crippen LogP contribution in [-0.2, 0) is 24.8 Å². The summed E-state index contributed by atoms with van der Waals surface area (Å²) >= 11 is 0. The van der Waals surface area contributed by atoms with Crippen LogP contribution in [0.25, 0.3) is 22.0 Å². The van der Waals surface area contributed by atoms with E-state index in [1.807, 2.05) is 45.4 Å². The quantitative estimate of drug-likeness (QED) is 0.536. The normalized spacial score (nSPS) is 11.3. The first-order valence-electron chi connectivity index (χ1n) is 8.91. The molecule has 0 amide bonds. The lowest BCUT2D eigenvalue weighted by atomic mass is 10.0. The summed E-state index contributed by atoms with van der Waals surface area (Å²) in [5.41, 5.74) is 4.95. The van der Waals surface area contributed by atoms with E-state index in [1.165, 1.54) is 6.92 Å². The van der Waals surface area contributed by atoms with Crippen molar-refractivity contribution in [2.45, 2.75) is 19.9 Å². The van der Waals surface area contributed by atoms with Crippen molar-refractivity contribution in [3.8, 4) is 16.9 Å². The first kappa shape index (κ1) is 19.1. The third-order valence-corrected chi connectivity index (χ3v) is 4.59. The number of pyridine rings is 1. The molecule has 0 saturated heterocycles. The van der Waals surface area contributed by atoms with Crippen LogP contribution in [-0.4, -0.2) is 46.2 Å². The molecular weight excluding hydrogens is 342 g/mol. The molecule has 6 nitrogen and oxygen atoms in total. The van der Waals surface area contributed by atoms with Crippen LogP contribution in [0.3, 0.4) is 0 Å². The first-order chi connectivity index (χ1) is 12.9. The largest absolute Gasteiger partial charge is 0.426 e. The Morgan fingerprint density at radius 2 is 2.11 bits per heavy atom. The summed E-state index contributed by atoms with van der Waals surface area (Å²) in [6.07, 6.45) is 4.02. The number of fused-ring (bicyclic) bond motifs is 1. The molecule has 0 fully saturated rings. The molecule has 2 heterocycles. The molecule has 0 bridgehead atoms. The fraction of sp³-hybridized carbons (Fsp3) is 0.333. The number of carbonyl (C=O) groups is 1. The topological polar surface area (TPSA) is 67.6 Å². The number of carbonyl (C=O) groups excluding carboxylic acids is 1. The Kier molecular flexibility index (Phi) is 5.58. The van der Waals surface area contributed by atoms with Gasteiger partial charge in [-0.15, -0.1) is 0 Å². The monoisotopic (exact) mass is 367 g/mol. The number of rotatable bonds is 6. The molecule has 3 rings (SSSR count). The number of hydrogen-bond acceptors (Lipinski definition) is 5. The minimum absolute atomic E-state index is 0.0623. The predicted molar refractivity (Wildman–Crippen MR) is 106 cm³/mol. The maximum atomic E-state index is 11.7. The smallest absolute Gasteiger partial charge is 0.308 e. The van der Waals surface area contributed by atoms with Gasteiger partial charge in [0, 0.05) is 67.2 Å². The van der Waals surface area contributed by atoms with E-state index in [0.29, 0.717) is 12.2 Å². The van der Waals surface area contributed by atoms with Crippen molar-refractivity contribution in [3.05, 3.63) is 47.9 Å². The van der Waals surface area contributed by atoms with Crippen molar-refractivity contribution in [1.82, 2.24) is 14.5 Å². The van der Waals surface area contributed by atoms with Gasteiger partial charge in [-0.25, -0.2) is 0 Å². The average molecular weight is 367 g/mol. The minimum atomic E-state index is -0.368. The van der Waals surface area contributed by atoms with Gasteiger partial charge in [0.1, 0.15) is 5.75 Å². The molecule has 3 aromatic rings. The molecule has 0 aliphatic rings. The molecule has 6 heteroatoms. The Hall–Kier alpha value is -2.70. The van der Waals surface area contributed by atoms with Gasteiger partial charge in [0.15, 0.2) is 0 Å². The fourth-order valence-electron chi connectivity index (χ4n) is 3.47. The molecular formula is C21H25N3O3. The zero-order valence-electron chi connectivity index (χ0n) is 16.2. The van der Waals surface area contributed by atoms with Crippen LogP contribution in [0.5, 0.6) is 5.75 Å². The van der Waals surface area contributed by atoms with Crippen LogP contribution >= 0.6 is 0 Å². The van der Waals surface area contributed by atoms with E-state index < -0.39 is 0 Å². The lowest BCUT2D eigenvalue weighted by molar-refractivity contribution is -0.131. The van der Waals surface area contributed by atoms with Crippen molar-refractivity contribution < 1.29 is 14.6 Å². The molecule has 0 unspecified atom stereocenters. The summed E-state index contributed by atoms with van der Waals surface area (Å²) in [5, 5.41) is 10.6. The van der Waals surface area contributed by atoms with Gasteiger partial charge in [-0.05, 0) is 44.3 Å². The van der Waals surface area contributed by atoms with Gasteiger partial charge in [-0.1, -0.05) is 6.07 Å². The Morgan fingerprint density at radius 3 is 2.70 bits per heavy atom. The Balaban J connectivity index is 2.30. The summed E-state index contributed by atoms with van der Waals surface area (Å²) < 4.78 is 7.67. The highest BCUT2D eigenvalue weighted by molar-refractivity contribution is 5.93. The molecule has 27 heavy (non-hydrogen) atoms. The zero-order valence-corrected chi connectivity index (χ0v) is 16.2. The molecule has 0 aliphatic carbocycles. The molecule has 0 saturated carbocycles. The number of aliphatic hydroxyl groups is 1. The Morgan fingerprint density at radius 1 is 1.33 bits per heavy atom. The van der Waals surface area contributed by atoms with Crippen molar-refractivity contribution >= 4 is 16.9 Å². The number of nitrogens with zero attached hydrogens (tertiary/aromatic N) is 3. The predicted octanol–water partition coefficient (Wildman–Crippen LogP) is 2.76. The van der Waals surface area contributed by atoms with Crippen LogP contribution in [0.4, 0.5) is 0 Å². The van der Waals surface area contributed by atoms with E-state index in [1.54, 1.807) is 12.4 Å². The molecule has 0 aliphatic heterocycles. The highest BCUT2D eigenvalue weighted by atomic mass is 16.5. The summed E-state index contributed by atoms with van der Waals surface area (Å²) in [6, 6.07) is 7.74. The number of benzene rings is 1. The lowest BCUT2D eigenvalue weighted by Gasteiger charge is -2.13. The minimum Gasteiger partial charge on any atom is -0.426 e. The molecule has 0 spiro atoms. The number of ether oxygens (including phenoxy) is 1. The van der Waals surface area contributed by atoms with Crippen LogP contribution in [0.1, 0.15) is 18.2 Å². The third kappa shape index (κ3) is 3.86. The van der Waals surface area contributed by atoms with Gasteiger partial charge < -0.3 is 19.3 Å². The second-order valence-corrected chi connectivity index (χ2v) is 6.90. The highest BCUT2D eigenvalue weighted by Gasteiger charge is 2.19. The van der Waals surface area contributed by atoms with Gasteiger partial charge >= 0.3 is 5.97 Å². The van der Waals surface area contributed by atoms with Crippen molar-refractivity contribution in [2.24, 2.45) is 7.05 Å². The van der Waals surface area contributed by atoms with Crippen LogP contribution in [0.2, 0.25) is 0 Å². The number of aromatic nitrogens is 2. The molecule has 0 atom stereocenters. The number of aryl methyl sites for hydroxylation is 1. The average Bonchev–Trinajstić information content (AvgIpc) is 2.86. The van der Waals surface area contributed by atoms with Crippen LogP contribution < -0.4 is 4.74 Å². The Labute approximate surface area is 159 Å². The van der Waals surface area contributed by atoms with E-state index >= 15 is 0 Å². The van der Waals surface area contributed by atoms with Crippen molar-refractivity contribution in [2.75, 3.05) is 20.7 Å². The standard InChI is InChI=1S/C21H25N3O3/c1-14(26)27-21-11-18-16(7-9-25)20(13-23(2)3)24(4)19(18)10-17(21)15-6-5-8-22-12-15/h5-6,8,10-12,25H,7,9,13H2,1-4H3. The summed E-state index contributed by atoms with van der Waals surface area (Å²) in [5.74, 6) is 0.136. The van der Waals surface area contributed by atoms with Gasteiger partial charge in [-0.2, -0.15) is 0 Å².